The Bertz CT molecular complexity index is 1100. The largest absolute Gasteiger partial charge is 0.387 e. The number of thiazole rings is 1. The summed E-state index contributed by atoms with van der Waals surface area (Å²) in [5, 5.41) is 15.8. The van der Waals surface area contributed by atoms with Gasteiger partial charge in [-0.15, -0.1) is 11.3 Å². The molecular formula is C22H25FN6O2S. The highest BCUT2D eigenvalue weighted by molar-refractivity contribution is 7.14. The first-order valence-electron chi connectivity index (χ1n) is 10.3. The third-order valence-corrected chi connectivity index (χ3v) is 6.02. The number of aromatic nitrogens is 3. The number of halogens is 1. The lowest BCUT2D eigenvalue weighted by Crippen LogP contribution is -2.41. The number of nitrogens with two attached hydrogens (primary N) is 1. The van der Waals surface area contributed by atoms with Crippen LogP contribution in [0.1, 0.15) is 37.0 Å². The van der Waals surface area contributed by atoms with Gasteiger partial charge in [-0.1, -0.05) is 0 Å². The lowest BCUT2D eigenvalue weighted by molar-refractivity contribution is 0.00141. The number of carbonyl (C=O) groups is 1. The van der Waals surface area contributed by atoms with Crippen molar-refractivity contribution in [3.05, 3.63) is 47.7 Å². The van der Waals surface area contributed by atoms with E-state index in [1.165, 1.54) is 31.4 Å². The van der Waals surface area contributed by atoms with Gasteiger partial charge >= 0.3 is 0 Å². The lowest BCUT2D eigenvalue weighted by atomic mass is 10.0. The molecule has 0 bridgehead atoms. The van der Waals surface area contributed by atoms with Crippen molar-refractivity contribution in [2.75, 3.05) is 16.8 Å². The second-order valence-corrected chi connectivity index (χ2v) is 9.20. The van der Waals surface area contributed by atoms with Crippen LogP contribution in [0, 0.1) is 0 Å². The van der Waals surface area contributed by atoms with Crippen LogP contribution in [-0.4, -0.2) is 50.3 Å². The monoisotopic (exact) mass is 456 g/mol. The number of alkyl halides is 1. The molecule has 0 radical (unpaired) electrons. The Balaban J connectivity index is 1.73. The number of nitrogens with one attached hydrogen (secondary N) is 1. The van der Waals surface area contributed by atoms with Crippen molar-refractivity contribution in [3.63, 3.8) is 0 Å². The first kappa shape index (κ1) is 22.1. The van der Waals surface area contributed by atoms with E-state index in [0.717, 1.165) is 18.4 Å². The number of hydrogen-bond donors (Lipinski definition) is 3. The molecule has 0 unspecified atom stereocenters. The van der Waals surface area contributed by atoms with E-state index in [2.05, 4.69) is 20.3 Å². The topological polar surface area (TPSA) is 117 Å². The Morgan fingerprint density at radius 3 is 2.84 bits per heavy atom. The van der Waals surface area contributed by atoms with E-state index in [9.17, 15) is 14.3 Å². The van der Waals surface area contributed by atoms with Crippen molar-refractivity contribution in [2.24, 2.45) is 5.73 Å². The molecule has 0 aromatic carbocycles. The molecule has 1 aliphatic rings. The maximum absolute atomic E-state index is 14.9. The summed E-state index contributed by atoms with van der Waals surface area (Å²) >= 11 is 1.33. The highest BCUT2D eigenvalue weighted by Crippen LogP contribution is 2.35. The van der Waals surface area contributed by atoms with E-state index in [1.54, 1.807) is 23.4 Å². The van der Waals surface area contributed by atoms with Crippen molar-refractivity contribution in [3.8, 4) is 11.3 Å². The summed E-state index contributed by atoms with van der Waals surface area (Å²) in [7, 11) is 0. The van der Waals surface area contributed by atoms with Gasteiger partial charge in [-0.3, -0.25) is 14.7 Å². The Morgan fingerprint density at radius 2 is 2.22 bits per heavy atom. The minimum absolute atomic E-state index is 0.171. The van der Waals surface area contributed by atoms with Crippen LogP contribution >= 0.6 is 11.3 Å². The summed E-state index contributed by atoms with van der Waals surface area (Å²) in [5.74, 6) is -0.191. The van der Waals surface area contributed by atoms with Crippen LogP contribution in [0.5, 0.6) is 0 Å². The molecule has 0 aliphatic heterocycles. The van der Waals surface area contributed by atoms with Crippen molar-refractivity contribution < 1.29 is 14.3 Å². The molecule has 3 aromatic heterocycles. The van der Waals surface area contributed by atoms with E-state index in [1.807, 2.05) is 17.5 Å². The molecule has 0 spiro atoms. The number of nitrogens with zero attached hydrogens (tertiary/aromatic N) is 4. The van der Waals surface area contributed by atoms with E-state index >= 15 is 0 Å². The van der Waals surface area contributed by atoms with E-state index < -0.39 is 17.7 Å². The Labute approximate surface area is 189 Å². The number of rotatable bonds is 9. The van der Waals surface area contributed by atoms with E-state index in [-0.39, 0.29) is 18.2 Å². The summed E-state index contributed by atoms with van der Waals surface area (Å²) in [5.41, 5.74) is 6.32. The number of primary amides is 1. The molecular weight excluding hydrogens is 431 g/mol. The fraction of sp³-hybridized carbons (Fsp3) is 0.364. The molecule has 1 amide bonds. The van der Waals surface area contributed by atoms with Gasteiger partial charge in [-0.25, -0.2) is 14.4 Å². The quantitative estimate of drug-likeness (QED) is 0.451. The second kappa shape index (κ2) is 8.79. The second-order valence-electron chi connectivity index (χ2n) is 8.36. The van der Waals surface area contributed by atoms with Crippen LogP contribution in [0.4, 0.5) is 21.0 Å². The third-order valence-electron chi connectivity index (χ3n) is 5.16. The Hall–Kier alpha value is -3.11. The van der Waals surface area contributed by atoms with Crippen molar-refractivity contribution in [1.82, 2.24) is 15.0 Å². The van der Waals surface area contributed by atoms with Gasteiger partial charge in [-0.05, 0) is 38.8 Å². The number of amides is 1. The number of hydrogen-bond acceptors (Lipinski definition) is 8. The van der Waals surface area contributed by atoms with Crippen LogP contribution < -0.4 is 16.0 Å². The van der Waals surface area contributed by atoms with Crippen LogP contribution in [0.2, 0.25) is 0 Å². The summed E-state index contributed by atoms with van der Waals surface area (Å²) < 4.78 is 14.9. The smallest absolute Gasteiger partial charge is 0.252 e. The van der Waals surface area contributed by atoms with Gasteiger partial charge in [0.15, 0.2) is 5.13 Å². The maximum Gasteiger partial charge on any atom is 0.252 e. The van der Waals surface area contributed by atoms with Crippen LogP contribution in [0.25, 0.3) is 11.3 Å². The normalized spacial score (nSPS) is 14.8. The zero-order chi connectivity index (χ0) is 22.9. The highest BCUT2D eigenvalue weighted by atomic mass is 32.1. The zero-order valence-corrected chi connectivity index (χ0v) is 18.6. The average molecular weight is 457 g/mol. The van der Waals surface area contributed by atoms with Gasteiger partial charge in [-0.2, -0.15) is 0 Å². The van der Waals surface area contributed by atoms with E-state index in [0.29, 0.717) is 22.3 Å². The van der Waals surface area contributed by atoms with Crippen molar-refractivity contribution in [2.45, 2.75) is 44.5 Å². The first-order valence-corrected chi connectivity index (χ1v) is 11.2. The molecule has 3 aromatic rings. The average Bonchev–Trinajstić information content (AvgIpc) is 3.43. The van der Waals surface area contributed by atoms with Crippen LogP contribution in [0.3, 0.4) is 0 Å². The fourth-order valence-electron chi connectivity index (χ4n) is 3.04. The van der Waals surface area contributed by atoms with Gasteiger partial charge in [0.2, 0.25) is 0 Å². The molecule has 4 N–H and O–H groups in total. The van der Waals surface area contributed by atoms with Crippen LogP contribution in [-0.2, 0) is 0 Å². The Kier molecular flexibility index (Phi) is 6.07. The van der Waals surface area contributed by atoms with Crippen molar-refractivity contribution in [1.29, 1.82) is 0 Å². The molecule has 168 valence electrons. The Morgan fingerprint density at radius 1 is 1.44 bits per heavy atom. The summed E-state index contributed by atoms with van der Waals surface area (Å²) in [6, 6.07) is 5.67. The zero-order valence-electron chi connectivity index (χ0n) is 17.8. The third kappa shape index (κ3) is 5.03. The van der Waals surface area contributed by atoms with Gasteiger partial charge in [0.1, 0.15) is 12.0 Å². The van der Waals surface area contributed by atoms with Gasteiger partial charge in [0, 0.05) is 41.6 Å². The standard InChI is InChI=1S/C22H25FN6O2S/c1-22(2,31)18(23)11-29(21-28-17(12-32-21)13-4-3-7-25-9-13)19-8-16(27-14-5-6-14)15(10-26-19)20(24)30/h3-4,7-10,12,14,18,31H,5-6,11H2,1-2H3,(H2,24,30)(H,26,27)/t18-/m1/s1. The van der Waals surface area contributed by atoms with Crippen molar-refractivity contribution >= 4 is 33.9 Å². The summed E-state index contributed by atoms with van der Waals surface area (Å²) in [6.45, 7) is 2.67. The maximum atomic E-state index is 14.9. The van der Waals surface area contributed by atoms with Gasteiger partial charge < -0.3 is 16.2 Å². The van der Waals surface area contributed by atoms with Gasteiger partial charge in [0.25, 0.3) is 5.91 Å². The SMILES string of the molecule is CC(C)(O)[C@H](F)CN(c1cc(NC2CC2)c(C(N)=O)cn1)c1nc(-c2cccnc2)cs1. The number of anilines is 3. The summed E-state index contributed by atoms with van der Waals surface area (Å²) in [4.78, 5) is 26.6. The molecule has 32 heavy (non-hydrogen) atoms. The molecule has 1 saturated carbocycles. The molecule has 10 heteroatoms. The number of pyridine rings is 2. The lowest BCUT2D eigenvalue weighted by Gasteiger charge is -2.29. The molecule has 4 rings (SSSR count). The van der Waals surface area contributed by atoms with E-state index in [4.69, 9.17) is 5.73 Å². The highest BCUT2D eigenvalue weighted by Gasteiger charge is 2.31. The molecule has 1 aliphatic carbocycles. The minimum Gasteiger partial charge on any atom is -0.387 e. The molecule has 1 fully saturated rings. The van der Waals surface area contributed by atoms with Gasteiger partial charge in [0.05, 0.1) is 29.1 Å². The summed E-state index contributed by atoms with van der Waals surface area (Å²) in [6.07, 6.45) is 5.21. The van der Waals surface area contributed by atoms with Crippen LogP contribution in [0.15, 0.2) is 42.2 Å². The molecule has 0 saturated heterocycles. The number of carbonyl (C=O) groups excluding carboxylic acids is 1. The minimum atomic E-state index is -1.58. The molecule has 8 nitrogen and oxygen atoms in total. The predicted octanol–water partition coefficient (Wildman–Crippen LogP) is 3.52. The predicted molar refractivity (Wildman–Crippen MR) is 123 cm³/mol. The molecule has 3 heterocycles. The molecule has 1 atom stereocenters. The fourth-order valence-corrected chi connectivity index (χ4v) is 3.90. The number of aliphatic hydroxyl groups is 1. The first-order chi connectivity index (χ1) is 15.2.